The second kappa shape index (κ2) is 6.04. The predicted molar refractivity (Wildman–Crippen MR) is 97.2 cm³/mol. The molecular formula is C19H23BF2N2O3. The second-order valence-electron chi connectivity index (χ2n) is 8.29. The van der Waals surface area contributed by atoms with Crippen LogP contribution in [0.3, 0.4) is 0 Å². The molecule has 0 N–H and O–H groups in total. The number of ether oxygens (including phenoxy) is 1. The largest absolute Gasteiger partial charge is 0.493 e. The molecule has 0 bridgehead atoms. The van der Waals surface area contributed by atoms with Crippen LogP contribution >= 0.6 is 0 Å². The average Bonchev–Trinajstić information content (AvgIpc) is 3.18. The Morgan fingerprint density at radius 1 is 1.19 bits per heavy atom. The number of hydrogen-bond donors (Lipinski definition) is 0. The van der Waals surface area contributed by atoms with Crippen molar-refractivity contribution in [3.8, 4) is 11.4 Å². The van der Waals surface area contributed by atoms with Gasteiger partial charge >= 0.3 is 7.12 Å². The number of hydrogen-bond acceptors (Lipinski definition) is 4. The first kappa shape index (κ1) is 18.4. The molecule has 5 nitrogen and oxygen atoms in total. The first-order valence-corrected chi connectivity index (χ1v) is 9.06. The number of benzene rings is 1. The van der Waals surface area contributed by atoms with Crippen LogP contribution in [-0.2, 0) is 9.31 Å². The van der Waals surface area contributed by atoms with Crippen molar-refractivity contribution >= 4 is 7.12 Å². The highest BCUT2D eigenvalue weighted by molar-refractivity contribution is 6.49. The highest BCUT2D eigenvalue weighted by atomic mass is 19.2. The lowest BCUT2D eigenvalue weighted by Crippen LogP contribution is -2.41. The summed E-state index contributed by atoms with van der Waals surface area (Å²) < 4.78 is 47.1. The molecule has 2 aromatic rings. The first-order valence-electron chi connectivity index (χ1n) is 9.06. The van der Waals surface area contributed by atoms with Crippen molar-refractivity contribution in [3.63, 3.8) is 0 Å². The molecule has 4 rings (SSSR count). The molecule has 1 aliphatic carbocycles. The quantitative estimate of drug-likeness (QED) is 0.754. The minimum Gasteiger partial charge on any atom is -0.493 e. The van der Waals surface area contributed by atoms with Crippen molar-refractivity contribution in [1.29, 1.82) is 0 Å². The Bertz CT molecular complexity index is 868. The number of methoxy groups -OCH3 is 1. The van der Waals surface area contributed by atoms with Gasteiger partial charge in [-0.2, -0.15) is 5.10 Å². The smallest absolute Gasteiger partial charge is 0.461 e. The van der Waals surface area contributed by atoms with Gasteiger partial charge < -0.3 is 14.0 Å². The maximum atomic E-state index is 14.3. The molecule has 1 saturated carbocycles. The van der Waals surface area contributed by atoms with E-state index in [-0.39, 0.29) is 24.5 Å². The molecule has 2 heterocycles. The summed E-state index contributed by atoms with van der Waals surface area (Å²) in [6, 6.07) is 2.90. The Hall–Kier alpha value is -1.93. The lowest BCUT2D eigenvalue weighted by Gasteiger charge is -2.32. The standard InChI is InChI=1S/C19H23BF2N2O3/c1-18(2)19(3,4)27-20(26-18)14-8-13(14)11-6-15(21)17(22)16(7-11)24-10-12(25-5)9-23-24/h6-7,9-10,13-14H,8H2,1-5H3/t13-,14+/m0/s1. The highest BCUT2D eigenvalue weighted by Gasteiger charge is 2.60. The molecule has 1 aliphatic heterocycles. The summed E-state index contributed by atoms with van der Waals surface area (Å²) in [5.41, 5.74) is -0.0309. The lowest BCUT2D eigenvalue weighted by atomic mass is 9.79. The molecule has 0 spiro atoms. The van der Waals surface area contributed by atoms with Gasteiger partial charge in [0.2, 0.25) is 0 Å². The fraction of sp³-hybridized carbons (Fsp3) is 0.526. The molecular weight excluding hydrogens is 353 g/mol. The molecule has 1 aromatic heterocycles. The van der Waals surface area contributed by atoms with Gasteiger partial charge in [-0.05, 0) is 57.7 Å². The third kappa shape index (κ3) is 3.04. The maximum absolute atomic E-state index is 14.3. The van der Waals surface area contributed by atoms with E-state index in [2.05, 4.69) is 5.10 Å². The van der Waals surface area contributed by atoms with Gasteiger partial charge in [-0.15, -0.1) is 0 Å². The molecule has 144 valence electrons. The lowest BCUT2D eigenvalue weighted by molar-refractivity contribution is 0.00578. The summed E-state index contributed by atoms with van der Waals surface area (Å²) in [5.74, 6) is -1.17. The van der Waals surface area contributed by atoms with Gasteiger partial charge in [-0.1, -0.05) is 0 Å². The fourth-order valence-electron chi connectivity index (χ4n) is 3.48. The van der Waals surface area contributed by atoms with Gasteiger partial charge in [0.15, 0.2) is 17.4 Å². The molecule has 2 fully saturated rings. The van der Waals surface area contributed by atoms with E-state index >= 15 is 0 Å². The van der Waals surface area contributed by atoms with Gasteiger partial charge in [0.25, 0.3) is 0 Å². The molecule has 1 saturated heterocycles. The molecule has 8 heteroatoms. The summed E-state index contributed by atoms with van der Waals surface area (Å²) in [7, 11) is 1.15. The van der Waals surface area contributed by atoms with E-state index in [0.717, 1.165) is 12.0 Å². The van der Waals surface area contributed by atoms with Crippen LogP contribution in [0, 0.1) is 11.6 Å². The predicted octanol–water partition coefficient (Wildman–Crippen LogP) is 4.11. The Kier molecular flexibility index (Phi) is 4.12. The van der Waals surface area contributed by atoms with Gasteiger partial charge in [-0.25, -0.2) is 13.5 Å². The van der Waals surface area contributed by atoms with Crippen LogP contribution in [0.25, 0.3) is 5.69 Å². The monoisotopic (exact) mass is 376 g/mol. The van der Waals surface area contributed by atoms with Gasteiger partial charge in [-0.3, -0.25) is 0 Å². The molecule has 1 aromatic carbocycles. The van der Waals surface area contributed by atoms with Crippen LogP contribution in [0.15, 0.2) is 24.5 Å². The van der Waals surface area contributed by atoms with Gasteiger partial charge in [0.1, 0.15) is 5.69 Å². The summed E-state index contributed by atoms with van der Waals surface area (Å²) in [6.07, 6.45) is 3.78. The van der Waals surface area contributed by atoms with E-state index in [4.69, 9.17) is 14.0 Å². The van der Waals surface area contributed by atoms with Crippen LogP contribution in [0.1, 0.15) is 45.6 Å². The van der Waals surface area contributed by atoms with E-state index in [9.17, 15) is 8.78 Å². The first-order chi connectivity index (χ1) is 12.6. The van der Waals surface area contributed by atoms with E-state index in [1.165, 1.54) is 30.3 Å². The zero-order valence-electron chi connectivity index (χ0n) is 16.1. The maximum Gasteiger partial charge on any atom is 0.461 e. The Labute approximate surface area is 157 Å². The van der Waals surface area contributed by atoms with Crippen molar-refractivity contribution in [3.05, 3.63) is 41.7 Å². The van der Waals surface area contributed by atoms with Crippen LogP contribution in [-0.4, -0.2) is 35.2 Å². The molecule has 0 amide bonds. The van der Waals surface area contributed by atoms with E-state index < -0.39 is 22.8 Å². The van der Waals surface area contributed by atoms with Crippen molar-refractivity contribution < 1.29 is 22.8 Å². The number of rotatable bonds is 4. The SMILES string of the molecule is COc1cnn(-c2cc([C@@H]3C[C@H]3B3OC(C)(C)C(C)(C)O3)cc(F)c2F)c1. The number of aromatic nitrogens is 2. The van der Waals surface area contributed by atoms with Crippen molar-refractivity contribution in [2.45, 2.75) is 57.1 Å². The summed E-state index contributed by atoms with van der Waals surface area (Å²) in [5, 5.41) is 4.05. The third-order valence-corrected chi connectivity index (χ3v) is 5.96. The van der Waals surface area contributed by atoms with Crippen LogP contribution < -0.4 is 4.74 Å². The highest BCUT2D eigenvalue weighted by Crippen LogP contribution is 2.58. The normalized spacial score (nSPS) is 25.7. The molecule has 2 aliphatic rings. The second-order valence-corrected chi connectivity index (χ2v) is 8.29. The van der Waals surface area contributed by atoms with Crippen LogP contribution in [0.2, 0.25) is 5.82 Å². The Morgan fingerprint density at radius 3 is 2.44 bits per heavy atom. The topological polar surface area (TPSA) is 45.5 Å². The summed E-state index contributed by atoms with van der Waals surface area (Å²) in [4.78, 5) is 0. The average molecular weight is 376 g/mol. The molecule has 0 unspecified atom stereocenters. The van der Waals surface area contributed by atoms with Crippen LogP contribution in [0.4, 0.5) is 8.78 Å². The number of nitrogens with zero attached hydrogens (tertiary/aromatic N) is 2. The van der Waals surface area contributed by atoms with E-state index in [0.29, 0.717) is 5.75 Å². The summed E-state index contributed by atoms with van der Waals surface area (Å²) in [6.45, 7) is 8.02. The van der Waals surface area contributed by atoms with Crippen molar-refractivity contribution in [2.75, 3.05) is 7.11 Å². The van der Waals surface area contributed by atoms with Crippen molar-refractivity contribution in [1.82, 2.24) is 9.78 Å². The fourth-order valence-corrected chi connectivity index (χ4v) is 3.48. The van der Waals surface area contributed by atoms with E-state index in [1.54, 1.807) is 6.07 Å². The zero-order valence-corrected chi connectivity index (χ0v) is 16.1. The minimum absolute atomic E-state index is 0.0611. The minimum atomic E-state index is -0.933. The van der Waals surface area contributed by atoms with Crippen molar-refractivity contribution in [2.24, 2.45) is 0 Å². The number of halogens is 2. The molecule has 27 heavy (non-hydrogen) atoms. The molecule has 0 radical (unpaired) electrons. The van der Waals surface area contributed by atoms with Gasteiger partial charge in [0.05, 0.1) is 30.7 Å². The third-order valence-electron chi connectivity index (χ3n) is 5.96. The zero-order chi connectivity index (χ0) is 19.6. The Morgan fingerprint density at radius 2 is 1.85 bits per heavy atom. The Balaban J connectivity index is 1.59. The molecule has 2 atom stereocenters. The van der Waals surface area contributed by atoms with Gasteiger partial charge in [0, 0.05) is 5.82 Å². The van der Waals surface area contributed by atoms with Crippen LogP contribution in [0.5, 0.6) is 5.75 Å². The van der Waals surface area contributed by atoms with E-state index in [1.807, 2.05) is 27.7 Å². The summed E-state index contributed by atoms with van der Waals surface area (Å²) >= 11 is 0.